The molecule has 0 heterocycles. The third-order valence-corrected chi connectivity index (χ3v) is 3.10. The second-order valence-electron chi connectivity index (χ2n) is 4.97. The van der Waals surface area contributed by atoms with Crippen molar-refractivity contribution in [1.82, 2.24) is 4.90 Å². The van der Waals surface area contributed by atoms with Gasteiger partial charge in [0, 0.05) is 19.7 Å². The first-order chi connectivity index (χ1) is 10.3. The molecule has 0 bridgehead atoms. The molecule has 0 fully saturated rings. The minimum Gasteiger partial charge on any atom is -0.465 e. The molecule has 0 aliphatic heterocycles. The molecule has 0 aromatic heterocycles. The van der Waals surface area contributed by atoms with Gasteiger partial charge in [0.2, 0.25) is 0 Å². The van der Waals surface area contributed by atoms with Crippen LogP contribution < -0.4 is 0 Å². The van der Waals surface area contributed by atoms with Crippen LogP contribution in [0.25, 0.3) is 0 Å². The minimum absolute atomic E-state index is 0.179. The van der Waals surface area contributed by atoms with Crippen LogP contribution in [0, 0.1) is 0 Å². The number of rotatable bonds is 11. The molecule has 0 amide bonds. The van der Waals surface area contributed by atoms with E-state index in [9.17, 15) is 4.79 Å². The lowest BCUT2D eigenvalue weighted by molar-refractivity contribution is -0.144. The number of carbonyl (C=O) groups is 1. The summed E-state index contributed by atoms with van der Waals surface area (Å²) in [6, 6.07) is 10.1. The van der Waals surface area contributed by atoms with Crippen molar-refractivity contribution in [3.8, 4) is 0 Å². The van der Waals surface area contributed by atoms with Gasteiger partial charge in [0.1, 0.15) is 0 Å². The topological polar surface area (TPSA) is 38.8 Å². The van der Waals surface area contributed by atoms with Crippen LogP contribution in [0.3, 0.4) is 0 Å². The maximum atomic E-state index is 11.7. The third kappa shape index (κ3) is 8.48. The molecular formula is C17H27NO3. The lowest BCUT2D eigenvalue weighted by Crippen LogP contribution is -2.33. The maximum absolute atomic E-state index is 11.7. The molecule has 21 heavy (non-hydrogen) atoms. The molecular weight excluding hydrogens is 266 g/mol. The van der Waals surface area contributed by atoms with Gasteiger partial charge in [-0.25, -0.2) is 0 Å². The van der Waals surface area contributed by atoms with E-state index in [0.717, 1.165) is 32.5 Å². The molecule has 0 radical (unpaired) electrons. The quantitative estimate of drug-likeness (QED) is 0.464. The van der Waals surface area contributed by atoms with Crippen LogP contribution in [0.4, 0.5) is 0 Å². The Labute approximate surface area is 128 Å². The van der Waals surface area contributed by atoms with Crippen molar-refractivity contribution in [2.75, 3.05) is 32.9 Å². The summed E-state index contributed by atoms with van der Waals surface area (Å²) in [6.07, 6.45) is 2.22. The lowest BCUT2D eigenvalue weighted by Gasteiger charge is -2.21. The first-order valence-corrected chi connectivity index (χ1v) is 7.75. The number of carbonyl (C=O) groups excluding carboxylic acids is 1. The highest BCUT2D eigenvalue weighted by Crippen LogP contribution is 2.04. The normalized spacial score (nSPS) is 10.8. The second-order valence-corrected chi connectivity index (χ2v) is 4.97. The molecule has 1 aromatic rings. The highest BCUT2D eigenvalue weighted by Gasteiger charge is 2.12. The van der Waals surface area contributed by atoms with E-state index in [1.807, 2.05) is 25.1 Å². The van der Waals surface area contributed by atoms with Gasteiger partial charge in [0.25, 0.3) is 0 Å². The van der Waals surface area contributed by atoms with Gasteiger partial charge >= 0.3 is 5.97 Å². The summed E-state index contributed by atoms with van der Waals surface area (Å²) in [5.41, 5.74) is 1.19. The van der Waals surface area contributed by atoms with Gasteiger partial charge in [-0.15, -0.1) is 0 Å². The van der Waals surface area contributed by atoms with Crippen molar-refractivity contribution in [3.05, 3.63) is 35.9 Å². The molecule has 4 nitrogen and oxygen atoms in total. The Morgan fingerprint density at radius 2 is 1.90 bits per heavy atom. The highest BCUT2D eigenvalue weighted by atomic mass is 16.5. The molecule has 0 saturated carbocycles. The van der Waals surface area contributed by atoms with E-state index in [1.54, 1.807) is 0 Å². The molecule has 1 aromatic carbocycles. The van der Waals surface area contributed by atoms with Crippen LogP contribution in [0.5, 0.6) is 0 Å². The number of unbranched alkanes of at least 4 members (excludes halogenated alkanes) is 1. The fourth-order valence-corrected chi connectivity index (χ4v) is 1.99. The molecule has 1 rings (SSSR count). The summed E-state index contributed by atoms with van der Waals surface area (Å²) in [7, 11) is 0. The number of hydrogen-bond acceptors (Lipinski definition) is 4. The van der Waals surface area contributed by atoms with Gasteiger partial charge in [0.15, 0.2) is 0 Å². The molecule has 4 heteroatoms. The summed E-state index contributed by atoms with van der Waals surface area (Å²) in [4.78, 5) is 13.7. The van der Waals surface area contributed by atoms with Gasteiger partial charge < -0.3 is 9.47 Å². The fourth-order valence-electron chi connectivity index (χ4n) is 1.99. The zero-order valence-electron chi connectivity index (χ0n) is 13.2. The predicted molar refractivity (Wildman–Crippen MR) is 84.1 cm³/mol. The molecule has 0 aliphatic rings. The van der Waals surface area contributed by atoms with E-state index >= 15 is 0 Å². The van der Waals surface area contributed by atoms with Crippen molar-refractivity contribution in [1.29, 1.82) is 0 Å². The third-order valence-electron chi connectivity index (χ3n) is 3.10. The number of esters is 1. The Bertz CT molecular complexity index is 381. The Kier molecular flexibility index (Phi) is 9.49. The number of benzene rings is 1. The summed E-state index contributed by atoms with van der Waals surface area (Å²) in [5, 5.41) is 0. The van der Waals surface area contributed by atoms with E-state index in [-0.39, 0.29) is 5.97 Å². The largest absolute Gasteiger partial charge is 0.465 e. The fraction of sp³-hybridized carbons (Fsp3) is 0.588. The maximum Gasteiger partial charge on any atom is 0.320 e. The molecule has 0 unspecified atom stereocenters. The Morgan fingerprint density at radius 3 is 2.57 bits per heavy atom. The van der Waals surface area contributed by atoms with Crippen LogP contribution in [0.15, 0.2) is 30.3 Å². The van der Waals surface area contributed by atoms with Gasteiger partial charge in [-0.05, 0) is 18.9 Å². The van der Waals surface area contributed by atoms with Crippen molar-refractivity contribution in [3.63, 3.8) is 0 Å². The van der Waals surface area contributed by atoms with Gasteiger partial charge in [-0.2, -0.15) is 0 Å². The smallest absolute Gasteiger partial charge is 0.320 e. The minimum atomic E-state index is -0.179. The van der Waals surface area contributed by atoms with Gasteiger partial charge in [-0.1, -0.05) is 43.7 Å². The molecule has 0 atom stereocenters. The Balaban J connectivity index is 2.43. The Morgan fingerprint density at radius 1 is 1.14 bits per heavy atom. The summed E-state index contributed by atoms with van der Waals surface area (Å²) in [5.74, 6) is -0.179. The first kappa shape index (κ1) is 17.7. The van der Waals surface area contributed by atoms with E-state index in [2.05, 4.69) is 24.0 Å². The lowest BCUT2D eigenvalue weighted by atomic mass is 10.2. The number of nitrogens with zero attached hydrogens (tertiary/aromatic N) is 1. The standard InChI is InChI=1S/C17H27NO3/c1-3-5-12-20-13-11-18(15-17(19)21-4-2)14-16-9-7-6-8-10-16/h6-10H,3-5,11-15H2,1-2H3. The van der Waals surface area contributed by atoms with E-state index in [0.29, 0.717) is 19.8 Å². The predicted octanol–water partition coefficient (Wildman–Crippen LogP) is 2.87. The first-order valence-electron chi connectivity index (χ1n) is 7.75. The monoisotopic (exact) mass is 293 g/mol. The van der Waals surface area contributed by atoms with Crippen LogP contribution in [-0.4, -0.2) is 43.8 Å². The van der Waals surface area contributed by atoms with Crippen LogP contribution in [0.1, 0.15) is 32.3 Å². The average Bonchev–Trinajstić information content (AvgIpc) is 2.48. The molecule has 0 spiro atoms. The number of ether oxygens (including phenoxy) is 2. The zero-order chi connectivity index (χ0) is 15.3. The summed E-state index contributed by atoms with van der Waals surface area (Å²) in [6.45, 7) is 7.60. The zero-order valence-corrected chi connectivity index (χ0v) is 13.2. The van der Waals surface area contributed by atoms with Crippen LogP contribution in [-0.2, 0) is 20.8 Å². The SMILES string of the molecule is CCCCOCCN(CC(=O)OCC)Cc1ccccc1. The van der Waals surface area contributed by atoms with Gasteiger partial charge in [0.05, 0.1) is 19.8 Å². The molecule has 0 saturated heterocycles. The van der Waals surface area contributed by atoms with Crippen molar-refractivity contribution < 1.29 is 14.3 Å². The van der Waals surface area contributed by atoms with Crippen molar-refractivity contribution in [2.45, 2.75) is 33.2 Å². The molecule has 0 aliphatic carbocycles. The Hall–Kier alpha value is -1.39. The second kappa shape index (κ2) is 11.3. The van der Waals surface area contributed by atoms with E-state index in [4.69, 9.17) is 9.47 Å². The highest BCUT2D eigenvalue weighted by molar-refractivity contribution is 5.71. The summed E-state index contributed by atoms with van der Waals surface area (Å²) < 4.78 is 10.6. The van der Waals surface area contributed by atoms with Gasteiger partial charge in [-0.3, -0.25) is 9.69 Å². The van der Waals surface area contributed by atoms with Crippen molar-refractivity contribution >= 4 is 5.97 Å². The van der Waals surface area contributed by atoms with E-state index < -0.39 is 0 Å². The average molecular weight is 293 g/mol. The number of hydrogen-bond donors (Lipinski definition) is 0. The molecule has 118 valence electrons. The van der Waals surface area contributed by atoms with Crippen LogP contribution in [0.2, 0.25) is 0 Å². The summed E-state index contributed by atoms with van der Waals surface area (Å²) >= 11 is 0. The van der Waals surface area contributed by atoms with Crippen LogP contribution >= 0.6 is 0 Å². The molecule has 0 N–H and O–H groups in total. The van der Waals surface area contributed by atoms with E-state index in [1.165, 1.54) is 5.56 Å². The van der Waals surface area contributed by atoms with Crippen molar-refractivity contribution in [2.24, 2.45) is 0 Å².